The van der Waals surface area contributed by atoms with Crippen LogP contribution in [0, 0.1) is 0 Å². The summed E-state index contributed by atoms with van der Waals surface area (Å²) in [5.74, 6) is 0.942. The highest BCUT2D eigenvalue weighted by Crippen LogP contribution is 2.24. The van der Waals surface area contributed by atoms with E-state index in [4.69, 9.17) is 4.74 Å². The molecule has 2 aromatic heterocycles. The molecule has 2 amide bonds. The summed E-state index contributed by atoms with van der Waals surface area (Å²) in [6, 6.07) is 2.27. The molecule has 2 fully saturated rings. The summed E-state index contributed by atoms with van der Waals surface area (Å²) in [5.41, 5.74) is 1.00. The van der Waals surface area contributed by atoms with Crippen molar-refractivity contribution in [2.45, 2.75) is 18.9 Å². The van der Waals surface area contributed by atoms with Crippen LogP contribution in [0.1, 0.15) is 12.8 Å². The lowest BCUT2D eigenvalue weighted by Gasteiger charge is -2.40. The van der Waals surface area contributed by atoms with Crippen molar-refractivity contribution in [3.8, 4) is 0 Å². The second-order valence-electron chi connectivity index (χ2n) is 6.65. The highest BCUT2D eigenvalue weighted by Gasteiger charge is 2.30. The van der Waals surface area contributed by atoms with E-state index in [-0.39, 0.29) is 12.1 Å². The topological polar surface area (TPSA) is 66.2 Å². The average molecular weight is 344 g/mol. The van der Waals surface area contributed by atoms with Crippen molar-refractivity contribution in [2.24, 2.45) is 0 Å². The third-order valence-corrected chi connectivity index (χ3v) is 5.13. The van der Waals surface area contributed by atoms with Gasteiger partial charge < -0.3 is 19.4 Å². The van der Waals surface area contributed by atoms with Crippen molar-refractivity contribution in [2.75, 3.05) is 51.3 Å². The molecule has 0 spiro atoms. The van der Waals surface area contributed by atoms with E-state index in [0.29, 0.717) is 26.3 Å². The molecule has 0 aromatic carbocycles. The highest BCUT2D eigenvalue weighted by atomic mass is 16.5. The molecule has 8 nitrogen and oxygen atoms in total. The summed E-state index contributed by atoms with van der Waals surface area (Å²) in [6.45, 7) is 4.36. The minimum atomic E-state index is 0.102. The predicted molar refractivity (Wildman–Crippen MR) is 93.8 cm³/mol. The molecule has 4 rings (SSSR count). The van der Waals surface area contributed by atoms with Gasteiger partial charge in [0.1, 0.15) is 5.52 Å². The van der Waals surface area contributed by atoms with Crippen LogP contribution in [0.4, 0.5) is 10.6 Å². The molecular weight excluding hydrogens is 320 g/mol. The number of hydrogen-bond donors (Lipinski definition) is 0. The van der Waals surface area contributed by atoms with Crippen molar-refractivity contribution in [3.05, 3.63) is 24.7 Å². The maximum atomic E-state index is 12.8. The third-order valence-electron chi connectivity index (χ3n) is 5.13. The quantitative estimate of drug-likeness (QED) is 0.816. The Balaban J connectivity index is 1.49. The molecule has 4 heterocycles. The first-order valence-electron chi connectivity index (χ1n) is 8.87. The molecule has 2 aliphatic rings. The van der Waals surface area contributed by atoms with Crippen LogP contribution in [0.2, 0.25) is 0 Å². The molecule has 0 bridgehead atoms. The second kappa shape index (κ2) is 6.87. The first-order chi connectivity index (χ1) is 12.2. The first-order valence-corrected chi connectivity index (χ1v) is 8.87. The number of ether oxygens (including phenoxy) is 1. The fourth-order valence-electron chi connectivity index (χ4n) is 3.68. The zero-order chi connectivity index (χ0) is 17.2. The van der Waals surface area contributed by atoms with Crippen molar-refractivity contribution in [1.82, 2.24) is 24.4 Å². The molecule has 25 heavy (non-hydrogen) atoms. The van der Waals surface area contributed by atoms with E-state index < -0.39 is 0 Å². The summed E-state index contributed by atoms with van der Waals surface area (Å²) in [7, 11) is 1.92. The van der Waals surface area contributed by atoms with Crippen molar-refractivity contribution < 1.29 is 9.53 Å². The molecule has 2 aromatic rings. The number of nitrogens with zero attached hydrogens (tertiary/aromatic N) is 6. The number of aromatic nitrogens is 3. The molecule has 8 heteroatoms. The minimum Gasteiger partial charge on any atom is -0.378 e. The molecule has 0 radical (unpaired) electrons. The van der Waals surface area contributed by atoms with Gasteiger partial charge in [0, 0.05) is 45.6 Å². The monoisotopic (exact) mass is 344 g/mol. The number of hydrogen-bond acceptors (Lipinski definition) is 5. The molecule has 2 saturated heterocycles. The molecular formula is C17H24N6O2. The molecule has 134 valence electrons. The Morgan fingerprint density at radius 3 is 2.96 bits per heavy atom. The SMILES string of the molecule is CN(C(=O)N1CCOCC1)C1CCCN(c2nccn3nccc23)C1. The van der Waals surface area contributed by atoms with Crippen molar-refractivity contribution >= 4 is 17.4 Å². The summed E-state index contributed by atoms with van der Waals surface area (Å²) in [5, 5.41) is 4.28. The standard InChI is InChI=1S/C17H24N6O2/c1-20(17(24)21-9-11-25-12-10-21)14-3-2-7-22(13-14)16-15-4-5-19-23(15)8-6-18-16/h4-6,8,14H,2-3,7,9-13H2,1H3. The lowest BCUT2D eigenvalue weighted by molar-refractivity contribution is 0.0414. The number of likely N-dealkylation sites (N-methyl/N-ethyl adjacent to an activating group) is 1. The fourth-order valence-corrected chi connectivity index (χ4v) is 3.68. The zero-order valence-electron chi connectivity index (χ0n) is 14.5. The maximum Gasteiger partial charge on any atom is 0.320 e. The van der Waals surface area contributed by atoms with Gasteiger partial charge in [-0.25, -0.2) is 14.3 Å². The molecule has 0 aliphatic carbocycles. The van der Waals surface area contributed by atoms with Crippen LogP contribution < -0.4 is 4.90 Å². The highest BCUT2D eigenvalue weighted by molar-refractivity contribution is 5.75. The number of morpholine rings is 1. The van der Waals surface area contributed by atoms with Crippen LogP contribution in [0.15, 0.2) is 24.7 Å². The van der Waals surface area contributed by atoms with Gasteiger partial charge in [0.05, 0.1) is 25.5 Å². The number of piperidine rings is 1. The van der Waals surface area contributed by atoms with Gasteiger partial charge in [-0.2, -0.15) is 5.10 Å². The molecule has 2 aliphatic heterocycles. The third kappa shape index (κ3) is 3.13. The van der Waals surface area contributed by atoms with Crippen LogP contribution in [-0.4, -0.2) is 82.9 Å². The number of carbonyl (C=O) groups is 1. The largest absolute Gasteiger partial charge is 0.378 e. The Labute approximate surface area is 147 Å². The van der Waals surface area contributed by atoms with E-state index in [0.717, 1.165) is 37.3 Å². The van der Waals surface area contributed by atoms with Gasteiger partial charge in [0.25, 0.3) is 0 Å². The van der Waals surface area contributed by atoms with Gasteiger partial charge in [0.2, 0.25) is 0 Å². The summed E-state index contributed by atoms with van der Waals surface area (Å²) < 4.78 is 7.19. The van der Waals surface area contributed by atoms with Crippen molar-refractivity contribution in [1.29, 1.82) is 0 Å². The van der Waals surface area contributed by atoms with E-state index in [1.165, 1.54) is 0 Å². The molecule has 1 unspecified atom stereocenters. The van der Waals surface area contributed by atoms with Crippen LogP contribution in [0.25, 0.3) is 5.52 Å². The number of fused-ring (bicyclic) bond motifs is 1. The number of amides is 2. The number of carbonyl (C=O) groups excluding carboxylic acids is 1. The predicted octanol–water partition coefficient (Wildman–Crippen LogP) is 1.08. The maximum absolute atomic E-state index is 12.8. The van der Waals surface area contributed by atoms with Crippen LogP contribution in [0.3, 0.4) is 0 Å². The average Bonchev–Trinajstić information content (AvgIpc) is 3.16. The van der Waals surface area contributed by atoms with E-state index in [2.05, 4.69) is 15.0 Å². The fraction of sp³-hybridized carbons (Fsp3) is 0.588. The zero-order valence-corrected chi connectivity index (χ0v) is 14.5. The number of anilines is 1. The van der Waals surface area contributed by atoms with Crippen LogP contribution in [0.5, 0.6) is 0 Å². The Hall–Kier alpha value is -2.35. The molecule has 0 saturated carbocycles. The Morgan fingerprint density at radius 1 is 1.28 bits per heavy atom. The van der Waals surface area contributed by atoms with E-state index in [9.17, 15) is 4.79 Å². The van der Waals surface area contributed by atoms with Crippen LogP contribution in [-0.2, 0) is 4.74 Å². The Bertz CT molecular complexity index is 742. The summed E-state index contributed by atoms with van der Waals surface area (Å²) in [4.78, 5) is 23.4. The van der Waals surface area contributed by atoms with Gasteiger partial charge in [-0.1, -0.05) is 0 Å². The molecule has 1 atom stereocenters. The lowest BCUT2D eigenvalue weighted by atomic mass is 10.0. The minimum absolute atomic E-state index is 0.102. The smallest absolute Gasteiger partial charge is 0.320 e. The molecule has 0 N–H and O–H groups in total. The summed E-state index contributed by atoms with van der Waals surface area (Å²) in [6.07, 6.45) is 7.49. The number of urea groups is 1. The van der Waals surface area contributed by atoms with Crippen LogP contribution >= 0.6 is 0 Å². The second-order valence-corrected chi connectivity index (χ2v) is 6.65. The Morgan fingerprint density at radius 2 is 2.12 bits per heavy atom. The van der Waals surface area contributed by atoms with E-state index in [1.54, 1.807) is 12.4 Å². The van der Waals surface area contributed by atoms with Crippen molar-refractivity contribution in [3.63, 3.8) is 0 Å². The van der Waals surface area contributed by atoms with Gasteiger partial charge in [-0.15, -0.1) is 0 Å². The van der Waals surface area contributed by atoms with Gasteiger partial charge in [-0.3, -0.25) is 0 Å². The van der Waals surface area contributed by atoms with Gasteiger partial charge >= 0.3 is 6.03 Å². The van der Waals surface area contributed by atoms with Gasteiger partial charge in [0.15, 0.2) is 5.82 Å². The lowest BCUT2D eigenvalue weighted by Crippen LogP contribution is -2.54. The summed E-state index contributed by atoms with van der Waals surface area (Å²) >= 11 is 0. The Kier molecular flexibility index (Phi) is 4.44. The van der Waals surface area contributed by atoms with E-state index in [1.807, 2.05) is 33.6 Å². The normalized spacial score (nSPS) is 21.6. The first kappa shape index (κ1) is 16.1. The van der Waals surface area contributed by atoms with E-state index >= 15 is 0 Å². The van der Waals surface area contributed by atoms with Gasteiger partial charge in [-0.05, 0) is 18.9 Å². The number of rotatable bonds is 2.